The topological polar surface area (TPSA) is 75.7 Å². The number of sulfonamides is 1. The van der Waals surface area contributed by atoms with Crippen LogP contribution in [0.15, 0.2) is 54.6 Å². The second-order valence-electron chi connectivity index (χ2n) is 6.87. The first-order valence-electron chi connectivity index (χ1n) is 9.20. The van der Waals surface area contributed by atoms with Gasteiger partial charge in [-0.15, -0.1) is 0 Å². The molecular weight excluding hydrogens is 376 g/mol. The average Bonchev–Trinajstić information content (AvgIpc) is 2.66. The second kappa shape index (κ2) is 9.59. The molecule has 0 aliphatic carbocycles. The van der Waals surface area contributed by atoms with Crippen LogP contribution < -0.4 is 14.4 Å². The van der Waals surface area contributed by atoms with Gasteiger partial charge >= 0.3 is 0 Å². The molecule has 0 aliphatic rings. The minimum Gasteiger partial charge on any atom is -0.497 e. The molecule has 0 unspecified atom stereocenters. The van der Waals surface area contributed by atoms with Crippen molar-refractivity contribution in [2.24, 2.45) is 0 Å². The van der Waals surface area contributed by atoms with Crippen LogP contribution >= 0.6 is 0 Å². The molecule has 2 aromatic carbocycles. The normalized spacial score (nSPS) is 13.4. The summed E-state index contributed by atoms with van der Waals surface area (Å²) in [7, 11) is -2.15. The predicted molar refractivity (Wildman–Crippen MR) is 112 cm³/mol. The summed E-state index contributed by atoms with van der Waals surface area (Å²) >= 11 is 0. The minimum atomic E-state index is -3.66. The van der Waals surface area contributed by atoms with Crippen LogP contribution in [0.25, 0.3) is 0 Å². The van der Waals surface area contributed by atoms with E-state index in [0.29, 0.717) is 11.4 Å². The Kier molecular flexibility index (Phi) is 7.45. The Bertz CT molecular complexity index is 884. The van der Waals surface area contributed by atoms with Crippen molar-refractivity contribution in [2.45, 2.75) is 38.8 Å². The highest BCUT2D eigenvalue weighted by Crippen LogP contribution is 2.25. The first kappa shape index (κ1) is 21.8. The molecule has 0 heterocycles. The molecule has 2 rings (SSSR count). The Labute approximate surface area is 167 Å². The number of amides is 1. The Hall–Kier alpha value is -2.54. The zero-order valence-electron chi connectivity index (χ0n) is 16.8. The van der Waals surface area contributed by atoms with Crippen molar-refractivity contribution < 1.29 is 17.9 Å². The predicted octanol–water partition coefficient (Wildman–Crippen LogP) is 2.99. The van der Waals surface area contributed by atoms with Crippen molar-refractivity contribution in [1.29, 1.82) is 0 Å². The van der Waals surface area contributed by atoms with Gasteiger partial charge < -0.3 is 10.1 Å². The molecule has 7 heteroatoms. The van der Waals surface area contributed by atoms with Crippen LogP contribution in [-0.2, 0) is 21.2 Å². The van der Waals surface area contributed by atoms with E-state index in [9.17, 15) is 13.2 Å². The third-order valence-electron chi connectivity index (χ3n) is 4.49. The molecule has 0 fully saturated rings. The molecule has 2 atom stereocenters. The lowest BCUT2D eigenvalue weighted by atomic mass is 10.1. The molecule has 0 saturated carbocycles. The van der Waals surface area contributed by atoms with E-state index < -0.39 is 16.1 Å². The Morgan fingerprint density at radius 3 is 2.39 bits per heavy atom. The van der Waals surface area contributed by atoms with Gasteiger partial charge in [-0.25, -0.2) is 8.42 Å². The lowest BCUT2D eigenvalue weighted by molar-refractivity contribution is -0.122. The number of rotatable bonds is 9. The van der Waals surface area contributed by atoms with E-state index in [1.165, 1.54) is 12.7 Å². The van der Waals surface area contributed by atoms with Crippen LogP contribution in [-0.4, -0.2) is 39.8 Å². The number of anilines is 1. The average molecular weight is 405 g/mol. The lowest BCUT2D eigenvalue weighted by Crippen LogP contribution is -2.50. The summed E-state index contributed by atoms with van der Waals surface area (Å²) in [6.07, 6.45) is 2.69. The molecule has 0 spiro atoms. The highest BCUT2D eigenvalue weighted by atomic mass is 32.2. The molecule has 1 amide bonds. The van der Waals surface area contributed by atoms with Crippen LogP contribution in [0, 0.1) is 0 Å². The number of nitrogens with one attached hydrogen (secondary N) is 1. The second-order valence-corrected chi connectivity index (χ2v) is 8.73. The van der Waals surface area contributed by atoms with E-state index in [1.54, 1.807) is 31.2 Å². The minimum absolute atomic E-state index is 0.0816. The summed E-state index contributed by atoms with van der Waals surface area (Å²) in [4.78, 5) is 12.7. The summed E-state index contributed by atoms with van der Waals surface area (Å²) in [5, 5.41) is 2.92. The smallest absolute Gasteiger partial charge is 0.243 e. The maximum Gasteiger partial charge on any atom is 0.243 e. The zero-order valence-corrected chi connectivity index (χ0v) is 17.6. The summed E-state index contributed by atoms with van der Waals surface area (Å²) in [5.74, 6) is 0.184. The van der Waals surface area contributed by atoms with Crippen LogP contribution in [0.5, 0.6) is 5.75 Å². The Morgan fingerprint density at radius 2 is 1.79 bits per heavy atom. The fourth-order valence-corrected chi connectivity index (χ4v) is 4.19. The van der Waals surface area contributed by atoms with Gasteiger partial charge in [0.1, 0.15) is 11.8 Å². The Morgan fingerprint density at radius 1 is 1.11 bits per heavy atom. The molecule has 0 aliphatic heterocycles. The first-order chi connectivity index (χ1) is 13.2. The maximum absolute atomic E-state index is 12.7. The highest BCUT2D eigenvalue weighted by molar-refractivity contribution is 7.92. The number of aryl methyl sites for hydroxylation is 1. The van der Waals surface area contributed by atoms with E-state index in [0.717, 1.165) is 23.4 Å². The molecule has 6 nitrogen and oxygen atoms in total. The molecule has 1 N–H and O–H groups in total. The van der Waals surface area contributed by atoms with Crippen LogP contribution in [0.2, 0.25) is 0 Å². The van der Waals surface area contributed by atoms with E-state index in [-0.39, 0.29) is 11.9 Å². The number of methoxy groups -OCH3 is 1. The van der Waals surface area contributed by atoms with E-state index in [4.69, 9.17) is 4.74 Å². The first-order valence-corrected chi connectivity index (χ1v) is 11.0. The van der Waals surface area contributed by atoms with Crippen molar-refractivity contribution in [3.63, 3.8) is 0 Å². The van der Waals surface area contributed by atoms with E-state index >= 15 is 0 Å². The third-order valence-corrected chi connectivity index (χ3v) is 5.74. The molecular formula is C21H28N2O4S. The number of benzene rings is 2. The van der Waals surface area contributed by atoms with Crippen LogP contribution in [0.3, 0.4) is 0 Å². The quantitative estimate of drug-likeness (QED) is 0.697. The molecule has 28 heavy (non-hydrogen) atoms. The van der Waals surface area contributed by atoms with Gasteiger partial charge in [0.25, 0.3) is 0 Å². The SMILES string of the molecule is COc1cccc(N([C@@H](C)C(=O)N[C@@H](C)CCc2ccccc2)S(C)(=O)=O)c1. The fourth-order valence-electron chi connectivity index (χ4n) is 3.02. The van der Waals surface area contributed by atoms with Crippen molar-refractivity contribution in [3.8, 4) is 5.75 Å². The third kappa shape index (κ3) is 5.99. The monoisotopic (exact) mass is 404 g/mol. The van der Waals surface area contributed by atoms with Crippen molar-refractivity contribution in [2.75, 3.05) is 17.7 Å². The number of ether oxygens (including phenoxy) is 1. The summed E-state index contributed by atoms with van der Waals surface area (Å²) in [6.45, 7) is 3.50. The summed E-state index contributed by atoms with van der Waals surface area (Å²) in [6, 6.07) is 15.7. The zero-order chi connectivity index (χ0) is 20.7. The standard InChI is InChI=1S/C21H28N2O4S/c1-16(13-14-18-9-6-5-7-10-18)22-21(24)17(2)23(28(4,25)26)19-11-8-12-20(15-19)27-3/h5-12,15-17H,13-14H2,1-4H3,(H,22,24)/t16-,17-/m0/s1. The molecule has 0 bridgehead atoms. The van der Waals surface area contributed by atoms with Crippen LogP contribution in [0.1, 0.15) is 25.8 Å². The number of carbonyl (C=O) groups excluding carboxylic acids is 1. The molecule has 2 aromatic rings. The molecule has 0 aromatic heterocycles. The largest absolute Gasteiger partial charge is 0.497 e. The van der Waals surface area contributed by atoms with Gasteiger partial charge in [0.15, 0.2) is 0 Å². The summed E-state index contributed by atoms with van der Waals surface area (Å²) in [5.41, 5.74) is 1.59. The lowest BCUT2D eigenvalue weighted by Gasteiger charge is -2.29. The van der Waals surface area contributed by atoms with Crippen molar-refractivity contribution in [3.05, 3.63) is 60.2 Å². The van der Waals surface area contributed by atoms with Gasteiger partial charge in [0.05, 0.1) is 19.1 Å². The number of hydrogen-bond acceptors (Lipinski definition) is 4. The van der Waals surface area contributed by atoms with Crippen LogP contribution in [0.4, 0.5) is 5.69 Å². The molecule has 0 radical (unpaired) electrons. The van der Waals surface area contributed by atoms with E-state index in [2.05, 4.69) is 5.32 Å². The summed E-state index contributed by atoms with van der Waals surface area (Å²) < 4.78 is 31.1. The Balaban J connectivity index is 2.08. The van der Waals surface area contributed by atoms with Gasteiger partial charge in [-0.1, -0.05) is 36.4 Å². The van der Waals surface area contributed by atoms with Gasteiger partial charge in [0.2, 0.25) is 15.9 Å². The molecule has 0 saturated heterocycles. The molecule has 152 valence electrons. The number of hydrogen-bond donors (Lipinski definition) is 1. The van der Waals surface area contributed by atoms with Crippen molar-refractivity contribution in [1.82, 2.24) is 5.32 Å². The highest BCUT2D eigenvalue weighted by Gasteiger charge is 2.29. The van der Waals surface area contributed by atoms with E-state index in [1.807, 2.05) is 37.3 Å². The van der Waals surface area contributed by atoms with Crippen molar-refractivity contribution >= 4 is 21.6 Å². The van der Waals surface area contributed by atoms with Gasteiger partial charge in [-0.05, 0) is 44.4 Å². The maximum atomic E-state index is 12.7. The fraction of sp³-hybridized carbons (Fsp3) is 0.381. The van der Waals surface area contributed by atoms with Gasteiger partial charge in [0, 0.05) is 12.1 Å². The number of carbonyl (C=O) groups is 1. The number of nitrogens with zero attached hydrogens (tertiary/aromatic N) is 1. The van der Waals surface area contributed by atoms with Gasteiger partial charge in [-0.3, -0.25) is 9.10 Å². The van der Waals surface area contributed by atoms with Gasteiger partial charge in [-0.2, -0.15) is 0 Å².